The van der Waals surface area contributed by atoms with Gasteiger partial charge in [0.15, 0.2) is 0 Å². The van der Waals surface area contributed by atoms with Crippen LogP contribution < -0.4 is 5.73 Å². The maximum Gasteiger partial charge on any atom is 0.242 e. The molecule has 2 N–H and O–H groups in total. The van der Waals surface area contributed by atoms with Crippen LogP contribution in [0.2, 0.25) is 0 Å². The van der Waals surface area contributed by atoms with Gasteiger partial charge in [-0.15, -0.1) is 0 Å². The lowest BCUT2D eigenvalue weighted by molar-refractivity contribution is -0.137. The predicted molar refractivity (Wildman–Crippen MR) is 59.5 cm³/mol. The van der Waals surface area contributed by atoms with Crippen molar-refractivity contribution < 1.29 is 9.53 Å². The predicted octanol–water partition coefficient (Wildman–Crippen LogP) is 0.751. The molecule has 1 aliphatic rings. The topological polar surface area (TPSA) is 55.6 Å². The summed E-state index contributed by atoms with van der Waals surface area (Å²) in [7, 11) is 1.57. The second-order valence-electron chi connectivity index (χ2n) is 4.15. The molecule has 0 aliphatic carbocycles. The minimum atomic E-state index is -0.498. The van der Waals surface area contributed by atoms with E-state index in [1.165, 1.54) is 6.42 Å². The number of carbonyl (C=O) groups is 1. The maximum absolute atomic E-state index is 12.0. The van der Waals surface area contributed by atoms with Crippen molar-refractivity contribution in [3.05, 3.63) is 0 Å². The molecular weight excluding hydrogens is 192 g/mol. The highest BCUT2D eigenvalue weighted by Gasteiger charge is 2.28. The Balaban J connectivity index is 2.55. The van der Waals surface area contributed by atoms with Crippen molar-refractivity contribution in [2.75, 3.05) is 20.3 Å². The highest BCUT2D eigenvalue weighted by molar-refractivity contribution is 5.82. The number of nitrogens with zero attached hydrogens (tertiary/aromatic N) is 1. The molecule has 0 aromatic carbocycles. The number of amides is 1. The summed E-state index contributed by atoms with van der Waals surface area (Å²) >= 11 is 0. The molecule has 4 nitrogen and oxygen atoms in total. The quantitative estimate of drug-likeness (QED) is 0.751. The van der Waals surface area contributed by atoms with Crippen molar-refractivity contribution in [2.24, 2.45) is 5.73 Å². The molecule has 1 rings (SSSR count). The van der Waals surface area contributed by atoms with E-state index in [0.29, 0.717) is 12.6 Å². The lowest BCUT2D eigenvalue weighted by Crippen LogP contribution is -2.51. The summed E-state index contributed by atoms with van der Waals surface area (Å²) in [4.78, 5) is 13.9. The van der Waals surface area contributed by atoms with Crippen LogP contribution in [0.25, 0.3) is 0 Å². The molecule has 15 heavy (non-hydrogen) atoms. The number of hydrogen-bond acceptors (Lipinski definition) is 3. The van der Waals surface area contributed by atoms with E-state index in [1.54, 1.807) is 7.11 Å². The van der Waals surface area contributed by atoms with Crippen LogP contribution in [0.5, 0.6) is 0 Å². The average Bonchev–Trinajstić information content (AvgIpc) is 2.28. The summed E-state index contributed by atoms with van der Waals surface area (Å²) in [5.41, 5.74) is 5.76. The molecule has 1 amide bonds. The zero-order valence-electron chi connectivity index (χ0n) is 9.74. The van der Waals surface area contributed by atoms with Crippen molar-refractivity contribution in [1.82, 2.24) is 4.90 Å². The van der Waals surface area contributed by atoms with Crippen LogP contribution in [-0.4, -0.2) is 43.2 Å². The molecule has 0 spiro atoms. The van der Waals surface area contributed by atoms with E-state index in [2.05, 4.69) is 6.92 Å². The van der Waals surface area contributed by atoms with E-state index < -0.39 is 6.04 Å². The number of likely N-dealkylation sites (tertiary alicyclic amines) is 1. The maximum atomic E-state index is 12.0. The number of methoxy groups -OCH3 is 1. The first-order valence-corrected chi connectivity index (χ1v) is 5.75. The molecule has 0 aromatic rings. The number of nitrogens with two attached hydrogens (primary N) is 1. The Morgan fingerprint density at radius 2 is 2.33 bits per heavy atom. The van der Waals surface area contributed by atoms with Gasteiger partial charge in [-0.25, -0.2) is 0 Å². The third kappa shape index (κ3) is 3.18. The number of carbonyl (C=O) groups excluding carboxylic acids is 1. The fourth-order valence-corrected chi connectivity index (χ4v) is 2.18. The third-order valence-electron chi connectivity index (χ3n) is 3.04. The molecule has 0 saturated carbocycles. The Bertz CT molecular complexity index is 209. The number of ether oxygens (including phenoxy) is 1. The first-order chi connectivity index (χ1) is 7.20. The largest absolute Gasteiger partial charge is 0.383 e. The highest BCUT2D eigenvalue weighted by atomic mass is 16.5. The van der Waals surface area contributed by atoms with Crippen molar-refractivity contribution in [1.29, 1.82) is 0 Å². The van der Waals surface area contributed by atoms with Gasteiger partial charge in [0.05, 0.1) is 6.61 Å². The van der Waals surface area contributed by atoms with Crippen molar-refractivity contribution >= 4 is 5.91 Å². The highest BCUT2D eigenvalue weighted by Crippen LogP contribution is 2.19. The molecule has 0 radical (unpaired) electrons. The van der Waals surface area contributed by atoms with Gasteiger partial charge in [0, 0.05) is 19.7 Å². The Hall–Kier alpha value is -0.610. The van der Waals surface area contributed by atoms with Crippen LogP contribution in [0.4, 0.5) is 0 Å². The van der Waals surface area contributed by atoms with Gasteiger partial charge in [0.1, 0.15) is 6.04 Å². The second kappa shape index (κ2) is 6.08. The van der Waals surface area contributed by atoms with Crippen LogP contribution in [0, 0.1) is 0 Å². The van der Waals surface area contributed by atoms with E-state index in [9.17, 15) is 4.79 Å². The van der Waals surface area contributed by atoms with Gasteiger partial charge in [-0.3, -0.25) is 4.79 Å². The number of rotatable bonds is 4. The lowest BCUT2D eigenvalue weighted by atomic mass is 9.99. The molecule has 0 bridgehead atoms. The normalized spacial score (nSPS) is 23.9. The number of piperidine rings is 1. The molecular formula is C11H22N2O2. The summed E-state index contributed by atoms with van der Waals surface area (Å²) in [6, 6.07) is -0.115. The summed E-state index contributed by atoms with van der Waals surface area (Å²) in [6.07, 6.45) is 4.46. The monoisotopic (exact) mass is 214 g/mol. The van der Waals surface area contributed by atoms with E-state index in [0.717, 1.165) is 25.8 Å². The zero-order chi connectivity index (χ0) is 11.3. The molecule has 2 unspecified atom stereocenters. The molecule has 1 saturated heterocycles. The minimum absolute atomic E-state index is 0.0448. The molecule has 2 atom stereocenters. The van der Waals surface area contributed by atoms with Crippen LogP contribution >= 0.6 is 0 Å². The van der Waals surface area contributed by atoms with Crippen LogP contribution in [0.15, 0.2) is 0 Å². The Labute approximate surface area is 91.8 Å². The minimum Gasteiger partial charge on any atom is -0.383 e. The first kappa shape index (κ1) is 12.5. The first-order valence-electron chi connectivity index (χ1n) is 5.75. The molecule has 4 heteroatoms. The zero-order valence-corrected chi connectivity index (χ0v) is 9.74. The Morgan fingerprint density at radius 3 is 2.93 bits per heavy atom. The van der Waals surface area contributed by atoms with Gasteiger partial charge < -0.3 is 15.4 Å². The molecule has 0 aromatic heterocycles. The summed E-state index contributed by atoms with van der Waals surface area (Å²) in [5.74, 6) is 0.0448. The van der Waals surface area contributed by atoms with Gasteiger partial charge >= 0.3 is 0 Å². The second-order valence-corrected chi connectivity index (χ2v) is 4.15. The van der Waals surface area contributed by atoms with E-state index >= 15 is 0 Å². The Kier molecular flexibility index (Phi) is 5.05. The third-order valence-corrected chi connectivity index (χ3v) is 3.04. The van der Waals surface area contributed by atoms with E-state index in [-0.39, 0.29) is 5.91 Å². The number of hydrogen-bond donors (Lipinski definition) is 1. The van der Waals surface area contributed by atoms with Gasteiger partial charge in [-0.2, -0.15) is 0 Å². The van der Waals surface area contributed by atoms with Gasteiger partial charge in [-0.1, -0.05) is 6.92 Å². The summed E-state index contributed by atoms with van der Waals surface area (Å²) in [6.45, 7) is 3.29. The Morgan fingerprint density at radius 1 is 1.60 bits per heavy atom. The van der Waals surface area contributed by atoms with Crippen LogP contribution in [0.3, 0.4) is 0 Å². The fraction of sp³-hybridized carbons (Fsp3) is 0.909. The van der Waals surface area contributed by atoms with E-state index in [1.807, 2.05) is 4.90 Å². The van der Waals surface area contributed by atoms with Gasteiger partial charge in [-0.05, 0) is 25.7 Å². The van der Waals surface area contributed by atoms with Gasteiger partial charge in [0.2, 0.25) is 5.91 Å². The SMILES string of the molecule is CCC1CCCCN1C(=O)C(N)COC. The van der Waals surface area contributed by atoms with Crippen LogP contribution in [0.1, 0.15) is 32.6 Å². The van der Waals surface area contributed by atoms with Crippen molar-refractivity contribution in [3.63, 3.8) is 0 Å². The molecule has 1 fully saturated rings. The fourth-order valence-electron chi connectivity index (χ4n) is 2.18. The van der Waals surface area contributed by atoms with Crippen LogP contribution in [-0.2, 0) is 9.53 Å². The van der Waals surface area contributed by atoms with Crippen molar-refractivity contribution in [2.45, 2.75) is 44.7 Å². The average molecular weight is 214 g/mol. The van der Waals surface area contributed by atoms with Gasteiger partial charge in [0.25, 0.3) is 0 Å². The summed E-state index contributed by atoms with van der Waals surface area (Å²) in [5, 5.41) is 0. The molecule has 88 valence electrons. The molecule has 1 aliphatic heterocycles. The van der Waals surface area contributed by atoms with Crippen molar-refractivity contribution in [3.8, 4) is 0 Å². The summed E-state index contributed by atoms with van der Waals surface area (Å²) < 4.78 is 4.91. The lowest BCUT2D eigenvalue weighted by Gasteiger charge is -2.36. The van der Waals surface area contributed by atoms with E-state index in [4.69, 9.17) is 10.5 Å². The smallest absolute Gasteiger partial charge is 0.242 e. The molecule has 1 heterocycles. The standard InChI is InChI=1S/C11H22N2O2/c1-3-9-6-4-5-7-13(9)11(14)10(12)8-15-2/h9-10H,3-8,12H2,1-2H3.